The van der Waals surface area contributed by atoms with E-state index >= 15 is 0 Å². The molecule has 26 heavy (non-hydrogen) atoms. The predicted octanol–water partition coefficient (Wildman–Crippen LogP) is 2.26. The average molecular weight is 358 g/mol. The fourth-order valence-corrected chi connectivity index (χ4v) is 2.57. The van der Waals surface area contributed by atoms with Gasteiger partial charge in [-0.3, -0.25) is 14.4 Å². The van der Waals surface area contributed by atoms with Crippen LogP contribution >= 0.6 is 0 Å². The van der Waals surface area contributed by atoms with E-state index in [1.165, 1.54) is 30.3 Å². The minimum Gasteiger partial charge on any atom is -0.425 e. The summed E-state index contributed by atoms with van der Waals surface area (Å²) in [5.41, 5.74) is -1.31. The molecule has 0 fully saturated rings. The van der Waals surface area contributed by atoms with E-state index in [9.17, 15) is 28.4 Å². The third-order valence-corrected chi connectivity index (χ3v) is 3.86. The number of halogens is 2. The average Bonchev–Trinajstić information content (AvgIpc) is 2.63. The third-order valence-electron chi connectivity index (χ3n) is 3.86. The Morgan fingerprint density at radius 3 is 2.65 bits per heavy atom. The maximum absolute atomic E-state index is 13.6. The molecule has 3 rings (SSSR count). The van der Waals surface area contributed by atoms with Gasteiger partial charge in [-0.1, -0.05) is 18.2 Å². The predicted molar refractivity (Wildman–Crippen MR) is 88.3 cm³/mol. The second-order valence-corrected chi connectivity index (χ2v) is 5.50. The molecule has 0 radical (unpaired) electrons. The number of carbonyl (C=O) groups is 2. The van der Waals surface area contributed by atoms with E-state index in [0.29, 0.717) is 17.7 Å². The maximum Gasteiger partial charge on any atom is 0.296 e. The van der Waals surface area contributed by atoms with Crippen molar-refractivity contribution in [1.29, 1.82) is 0 Å². The van der Waals surface area contributed by atoms with Crippen LogP contribution in [0.3, 0.4) is 0 Å². The molecule has 0 aliphatic carbocycles. The van der Waals surface area contributed by atoms with Gasteiger partial charge >= 0.3 is 0 Å². The Morgan fingerprint density at radius 2 is 1.96 bits per heavy atom. The van der Waals surface area contributed by atoms with E-state index in [1.54, 1.807) is 0 Å². The smallest absolute Gasteiger partial charge is 0.296 e. The minimum absolute atomic E-state index is 0.0198. The second-order valence-electron chi connectivity index (χ2n) is 5.50. The first-order chi connectivity index (χ1) is 12.4. The molecule has 2 N–H and O–H groups in total. The van der Waals surface area contributed by atoms with Gasteiger partial charge in [0.1, 0.15) is 22.7 Å². The molecule has 0 unspecified atom stereocenters. The van der Waals surface area contributed by atoms with E-state index < -0.39 is 23.1 Å². The number of benzene rings is 2. The SMILES string of the molecule is O=Cc1cccc2cc(C(=O)NCc3ccc(F)cc3F)c(=O)n(O)c12. The zero-order valence-electron chi connectivity index (χ0n) is 13.2. The lowest BCUT2D eigenvalue weighted by molar-refractivity contribution is 0.0943. The van der Waals surface area contributed by atoms with Crippen LogP contribution < -0.4 is 10.9 Å². The van der Waals surface area contributed by atoms with E-state index in [0.717, 1.165) is 6.07 Å². The number of pyridine rings is 1. The number of para-hydroxylation sites is 1. The van der Waals surface area contributed by atoms with Crippen LogP contribution in [0.1, 0.15) is 26.3 Å². The van der Waals surface area contributed by atoms with Gasteiger partial charge in [0.05, 0.1) is 0 Å². The van der Waals surface area contributed by atoms with Gasteiger partial charge in [-0.15, -0.1) is 4.73 Å². The van der Waals surface area contributed by atoms with Gasteiger partial charge in [-0.25, -0.2) is 8.78 Å². The van der Waals surface area contributed by atoms with E-state index in [4.69, 9.17) is 0 Å². The number of nitrogens with one attached hydrogen (secondary N) is 1. The summed E-state index contributed by atoms with van der Waals surface area (Å²) < 4.78 is 26.7. The van der Waals surface area contributed by atoms with Gasteiger partial charge in [0.15, 0.2) is 6.29 Å². The standard InChI is InChI=1S/C18H12F2N2O4/c19-13-5-4-11(15(20)7-13)8-21-17(24)14-6-10-2-1-3-12(9-23)16(10)22(26)18(14)25/h1-7,9,26H,8H2,(H,21,24). The Labute approximate surface area is 145 Å². The third kappa shape index (κ3) is 3.04. The van der Waals surface area contributed by atoms with Crippen LogP contribution in [0, 0.1) is 11.6 Å². The molecule has 132 valence electrons. The lowest BCUT2D eigenvalue weighted by atomic mass is 10.1. The normalized spacial score (nSPS) is 10.7. The second kappa shape index (κ2) is 6.75. The molecule has 1 aromatic heterocycles. The van der Waals surface area contributed by atoms with Crippen molar-refractivity contribution >= 4 is 23.1 Å². The Bertz CT molecular complexity index is 1090. The van der Waals surface area contributed by atoms with Gasteiger partial charge in [0.25, 0.3) is 11.5 Å². The monoisotopic (exact) mass is 358 g/mol. The maximum atomic E-state index is 13.6. The van der Waals surface area contributed by atoms with Crippen molar-refractivity contribution in [3.8, 4) is 0 Å². The molecular formula is C18H12F2N2O4. The fourth-order valence-electron chi connectivity index (χ4n) is 2.57. The number of fused-ring (bicyclic) bond motifs is 1. The molecule has 6 nitrogen and oxygen atoms in total. The highest BCUT2D eigenvalue weighted by Crippen LogP contribution is 2.16. The summed E-state index contributed by atoms with van der Waals surface area (Å²) in [6.07, 6.45) is 0.478. The van der Waals surface area contributed by atoms with E-state index in [2.05, 4.69) is 5.32 Å². The molecule has 8 heteroatoms. The Morgan fingerprint density at radius 1 is 1.19 bits per heavy atom. The van der Waals surface area contributed by atoms with Crippen molar-refractivity contribution in [2.45, 2.75) is 6.54 Å². The summed E-state index contributed by atoms with van der Waals surface area (Å²) in [6.45, 7) is -0.276. The van der Waals surface area contributed by atoms with Gasteiger partial charge in [-0.05, 0) is 18.2 Å². The van der Waals surface area contributed by atoms with Gasteiger partial charge in [-0.2, -0.15) is 0 Å². The van der Waals surface area contributed by atoms with Crippen molar-refractivity contribution in [3.63, 3.8) is 0 Å². The number of rotatable bonds is 4. The van der Waals surface area contributed by atoms with Gasteiger partial charge in [0, 0.05) is 29.1 Å². The molecule has 3 aromatic rings. The zero-order valence-corrected chi connectivity index (χ0v) is 13.2. The van der Waals surface area contributed by atoms with Crippen molar-refractivity contribution in [2.24, 2.45) is 0 Å². The molecule has 0 bridgehead atoms. The van der Waals surface area contributed by atoms with Crippen LogP contribution in [-0.4, -0.2) is 22.1 Å². The largest absolute Gasteiger partial charge is 0.425 e. The molecule has 0 saturated carbocycles. The first-order valence-corrected chi connectivity index (χ1v) is 7.47. The Hall–Kier alpha value is -3.55. The van der Waals surface area contributed by atoms with Crippen LogP contribution in [0.2, 0.25) is 0 Å². The van der Waals surface area contributed by atoms with Crippen LogP contribution in [0.25, 0.3) is 10.9 Å². The summed E-state index contributed by atoms with van der Waals surface area (Å²) >= 11 is 0. The number of aldehydes is 1. The van der Waals surface area contributed by atoms with Crippen molar-refractivity contribution in [2.75, 3.05) is 0 Å². The quantitative estimate of drug-likeness (QED) is 0.553. The molecule has 0 aliphatic heterocycles. The molecule has 1 heterocycles. The summed E-state index contributed by atoms with van der Waals surface area (Å²) in [7, 11) is 0. The van der Waals surface area contributed by atoms with Gasteiger partial charge < -0.3 is 10.5 Å². The number of amides is 1. The molecule has 0 spiro atoms. The number of aromatic nitrogens is 1. The minimum atomic E-state index is -1.02. The number of carbonyl (C=O) groups excluding carboxylic acids is 2. The van der Waals surface area contributed by atoms with E-state index in [-0.39, 0.29) is 33.5 Å². The highest BCUT2D eigenvalue weighted by molar-refractivity contribution is 6.01. The molecule has 2 aromatic carbocycles. The summed E-state index contributed by atoms with van der Waals surface area (Å²) in [6, 6.07) is 8.59. The highest BCUT2D eigenvalue weighted by Gasteiger charge is 2.17. The Kier molecular flexibility index (Phi) is 4.49. The van der Waals surface area contributed by atoms with Crippen molar-refractivity contribution < 1.29 is 23.6 Å². The topological polar surface area (TPSA) is 88.4 Å². The molecule has 0 aliphatic rings. The zero-order chi connectivity index (χ0) is 18.8. The van der Waals surface area contributed by atoms with Crippen molar-refractivity contribution in [3.05, 3.63) is 81.1 Å². The van der Waals surface area contributed by atoms with E-state index in [1.807, 2.05) is 0 Å². The van der Waals surface area contributed by atoms with Crippen LogP contribution in [0.4, 0.5) is 8.78 Å². The van der Waals surface area contributed by atoms with Gasteiger partial charge in [0.2, 0.25) is 0 Å². The van der Waals surface area contributed by atoms with Crippen LogP contribution in [0.5, 0.6) is 0 Å². The number of hydrogen-bond donors (Lipinski definition) is 2. The summed E-state index contributed by atoms with van der Waals surface area (Å²) in [4.78, 5) is 35.5. The molecule has 1 amide bonds. The highest BCUT2D eigenvalue weighted by atomic mass is 19.1. The van der Waals surface area contributed by atoms with Crippen molar-refractivity contribution in [1.82, 2.24) is 10.0 Å². The lowest BCUT2D eigenvalue weighted by Gasteiger charge is -2.10. The molecule has 0 atom stereocenters. The van der Waals surface area contributed by atoms with Crippen LogP contribution in [-0.2, 0) is 6.54 Å². The first-order valence-electron chi connectivity index (χ1n) is 7.47. The molecule has 0 saturated heterocycles. The van der Waals surface area contributed by atoms with Crippen LogP contribution in [0.15, 0.2) is 47.3 Å². The lowest BCUT2D eigenvalue weighted by Crippen LogP contribution is -2.32. The molecular weight excluding hydrogens is 346 g/mol. The number of nitrogens with zero attached hydrogens (tertiary/aromatic N) is 1. The summed E-state index contributed by atoms with van der Waals surface area (Å²) in [5.74, 6) is -2.43. The fraction of sp³-hybridized carbons (Fsp3) is 0.0556. The summed E-state index contributed by atoms with van der Waals surface area (Å²) in [5, 5.41) is 12.7. The Balaban J connectivity index is 1.95. The number of hydrogen-bond acceptors (Lipinski definition) is 4. The first kappa shape index (κ1) is 17.3.